The van der Waals surface area contributed by atoms with Crippen molar-refractivity contribution in [1.82, 2.24) is 30.1 Å². The maximum atomic E-state index is 13.0. The molecule has 1 aromatic heterocycles. The van der Waals surface area contributed by atoms with Gasteiger partial charge < -0.3 is 10.2 Å². The van der Waals surface area contributed by atoms with Gasteiger partial charge in [-0.3, -0.25) is 14.4 Å². The highest BCUT2D eigenvalue weighted by Gasteiger charge is 2.43. The molecule has 1 aromatic carbocycles. The molecule has 0 spiro atoms. The molecule has 5 rings (SSSR count). The summed E-state index contributed by atoms with van der Waals surface area (Å²) >= 11 is 0. The first-order valence-corrected chi connectivity index (χ1v) is 10.3. The van der Waals surface area contributed by atoms with Crippen LogP contribution in [0.15, 0.2) is 30.5 Å². The second kappa shape index (κ2) is 8.59. The van der Waals surface area contributed by atoms with Crippen molar-refractivity contribution < 1.29 is 9.18 Å². The van der Waals surface area contributed by atoms with Crippen LogP contribution in [0.2, 0.25) is 0 Å². The minimum Gasteiger partial charge on any atom is -0.352 e. The van der Waals surface area contributed by atoms with Crippen LogP contribution in [0.1, 0.15) is 24.1 Å². The number of carbonyl (C=O) groups excluding carboxylic acids is 1. The lowest BCUT2D eigenvalue weighted by Gasteiger charge is -2.49. The van der Waals surface area contributed by atoms with Crippen molar-refractivity contribution in [2.45, 2.75) is 38.5 Å². The van der Waals surface area contributed by atoms with E-state index in [1.165, 1.54) is 12.1 Å². The molecule has 3 aliphatic rings. The summed E-state index contributed by atoms with van der Waals surface area (Å²) in [5.74, 6) is 0.282. The fraction of sp³-hybridized carbons (Fsp3) is 0.571. The highest BCUT2D eigenvalue weighted by Crippen LogP contribution is 2.37. The summed E-state index contributed by atoms with van der Waals surface area (Å²) in [6.45, 7) is 3.88. The number of nitrogens with zero attached hydrogens (tertiary/aromatic N) is 5. The maximum Gasteiger partial charge on any atom is 0.224 e. The predicted octanol–water partition coefficient (Wildman–Crippen LogP) is 1.51. The van der Waals surface area contributed by atoms with Gasteiger partial charge in [0.05, 0.1) is 18.2 Å². The molecule has 156 valence electrons. The van der Waals surface area contributed by atoms with E-state index in [1.54, 1.807) is 12.1 Å². The lowest BCUT2D eigenvalue weighted by atomic mass is 9.75. The summed E-state index contributed by atoms with van der Waals surface area (Å²) in [5.41, 5.74) is 1.89. The van der Waals surface area contributed by atoms with Gasteiger partial charge in [0.25, 0.3) is 0 Å². The number of piperidine rings is 3. The molecule has 0 aliphatic carbocycles. The highest BCUT2D eigenvalue weighted by atomic mass is 19.1. The monoisotopic (exact) mass is 400 g/mol. The molecule has 3 fully saturated rings. The average molecular weight is 401 g/mol. The van der Waals surface area contributed by atoms with Gasteiger partial charge in [0, 0.05) is 31.9 Å². The Morgan fingerprint density at radius 3 is 2.79 bits per heavy atom. The smallest absolute Gasteiger partial charge is 0.224 e. The molecule has 8 heteroatoms. The third-order valence-corrected chi connectivity index (χ3v) is 6.06. The van der Waals surface area contributed by atoms with Crippen molar-refractivity contribution in [3.05, 3.63) is 47.5 Å². The number of amides is 1. The Hall–Kier alpha value is -2.32. The number of hydrogen-bond donors (Lipinski definition) is 1. The highest BCUT2D eigenvalue weighted by molar-refractivity contribution is 5.79. The zero-order chi connectivity index (χ0) is 20.4. The predicted molar refractivity (Wildman–Crippen MR) is 107 cm³/mol. The Morgan fingerprint density at radius 1 is 1.31 bits per heavy atom. The van der Waals surface area contributed by atoms with E-state index in [1.807, 2.05) is 25.0 Å². The number of carbonyl (C=O) groups is 1. The molecule has 4 heterocycles. The van der Waals surface area contributed by atoms with E-state index in [4.69, 9.17) is 0 Å². The van der Waals surface area contributed by atoms with Crippen LogP contribution in [0.25, 0.3) is 0 Å². The van der Waals surface area contributed by atoms with E-state index in [0.717, 1.165) is 50.3 Å². The lowest BCUT2D eigenvalue weighted by molar-refractivity contribution is -0.133. The Bertz CT molecular complexity index is 836. The molecule has 2 bridgehead atoms. The number of hydrogen-bond acceptors (Lipinski definition) is 5. The zero-order valence-electron chi connectivity index (χ0n) is 17.1. The van der Waals surface area contributed by atoms with Gasteiger partial charge in [-0.05, 0) is 57.1 Å². The maximum absolute atomic E-state index is 13.0. The van der Waals surface area contributed by atoms with Gasteiger partial charge in [-0.15, -0.1) is 5.10 Å². The summed E-state index contributed by atoms with van der Waals surface area (Å²) in [5, 5.41) is 11.6. The van der Waals surface area contributed by atoms with E-state index in [-0.39, 0.29) is 17.6 Å². The molecule has 7 nitrogen and oxygen atoms in total. The van der Waals surface area contributed by atoms with Gasteiger partial charge in [0.2, 0.25) is 5.91 Å². The van der Waals surface area contributed by atoms with Gasteiger partial charge in [-0.25, -0.2) is 4.39 Å². The van der Waals surface area contributed by atoms with Crippen LogP contribution >= 0.6 is 0 Å². The molecule has 4 atom stereocenters. The first-order chi connectivity index (χ1) is 14.0. The second-order valence-electron chi connectivity index (χ2n) is 8.55. The number of nitrogens with one attached hydrogen (secondary N) is 1. The van der Waals surface area contributed by atoms with Crippen molar-refractivity contribution in [1.29, 1.82) is 0 Å². The Labute approximate surface area is 170 Å². The minimum atomic E-state index is -0.260. The van der Waals surface area contributed by atoms with Crippen molar-refractivity contribution in [2.75, 3.05) is 27.2 Å². The largest absolute Gasteiger partial charge is 0.352 e. The minimum absolute atomic E-state index is 0.0282. The van der Waals surface area contributed by atoms with Gasteiger partial charge >= 0.3 is 0 Å². The SMILES string of the molecule is CN(C)Cc1cn(C[C@H]2C[C@H]3CCN2C[C@@H]3C(=O)NCc2ccc(F)cc2)nn1. The fourth-order valence-electron chi connectivity index (χ4n) is 4.59. The molecule has 3 saturated heterocycles. The summed E-state index contributed by atoms with van der Waals surface area (Å²) in [6, 6.07) is 6.68. The molecule has 3 aliphatic heterocycles. The van der Waals surface area contributed by atoms with Crippen LogP contribution < -0.4 is 5.32 Å². The number of fused-ring (bicyclic) bond motifs is 3. The van der Waals surface area contributed by atoms with Crippen LogP contribution in [-0.4, -0.2) is 63.9 Å². The van der Waals surface area contributed by atoms with E-state index in [0.29, 0.717) is 18.5 Å². The molecule has 29 heavy (non-hydrogen) atoms. The molecule has 1 N–H and O–H groups in total. The number of benzene rings is 1. The van der Waals surface area contributed by atoms with E-state index < -0.39 is 0 Å². The summed E-state index contributed by atoms with van der Waals surface area (Å²) in [7, 11) is 4.04. The number of aromatic nitrogens is 3. The molecular formula is C21H29FN6O. The second-order valence-corrected chi connectivity index (χ2v) is 8.55. The Kier molecular flexibility index (Phi) is 5.91. The Balaban J connectivity index is 1.30. The summed E-state index contributed by atoms with van der Waals surface area (Å²) < 4.78 is 15.0. The van der Waals surface area contributed by atoms with Gasteiger partial charge in [0.15, 0.2) is 0 Å². The van der Waals surface area contributed by atoms with Crippen LogP contribution in [0.4, 0.5) is 4.39 Å². The lowest BCUT2D eigenvalue weighted by Crippen LogP contribution is -2.58. The summed E-state index contributed by atoms with van der Waals surface area (Å²) in [4.78, 5) is 17.3. The third kappa shape index (κ3) is 4.82. The molecule has 2 aromatic rings. The summed E-state index contributed by atoms with van der Waals surface area (Å²) in [6.07, 6.45) is 4.10. The first-order valence-electron chi connectivity index (χ1n) is 10.3. The Morgan fingerprint density at radius 2 is 2.10 bits per heavy atom. The average Bonchev–Trinajstić information content (AvgIpc) is 3.13. The molecule has 1 unspecified atom stereocenters. The number of rotatable bonds is 7. The van der Waals surface area contributed by atoms with Crippen LogP contribution in [0.3, 0.4) is 0 Å². The van der Waals surface area contributed by atoms with Gasteiger partial charge in [0.1, 0.15) is 5.82 Å². The third-order valence-electron chi connectivity index (χ3n) is 6.06. The van der Waals surface area contributed by atoms with E-state index in [9.17, 15) is 9.18 Å². The fourth-order valence-corrected chi connectivity index (χ4v) is 4.59. The normalized spacial score (nSPS) is 26.1. The zero-order valence-corrected chi connectivity index (χ0v) is 17.1. The van der Waals surface area contributed by atoms with Gasteiger partial charge in [-0.1, -0.05) is 17.3 Å². The molecule has 0 saturated carbocycles. The van der Waals surface area contributed by atoms with Crippen LogP contribution in [-0.2, 0) is 24.4 Å². The standard InChI is InChI=1S/C21H29FN6O/c1-26(2)11-18-12-28(25-24-18)13-19-9-16-7-8-27(19)14-20(16)21(29)23-10-15-3-5-17(22)6-4-15/h3-6,12,16,19-20H,7-11,13-14H2,1-2H3,(H,23,29)/t16-,19-,20+/m1/s1. The van der Waals surface area contributed by atoms with Crippen molar-refractivity contribution in [3.8, 4) is 0 Å². The topological polar surface area (TPSA) is 66.3 Å². The quantitative estimate of drug-likeness (QED) is 0.763. The van der Waals surface area contributed by atoms with Crippen molar-refractivity contribution in [3.63, 3.8) is 0 Å². The molecule has 0 radical (unpaired) electrons. The molecular weight excluding hydrogens is 371 g/mol. The van der Waals surface area contributed by atoms with Crippen molar-refractivity contribution in [2.24, 2.45) is 11.8 Å². The van der Waals surface area contributed by atoms with Crippen molar-refractivity contribution >= 4 is 5.91 Å². The van der Waals surface area contributed by atoms with E-state index in [2.05, 4.69) is 25.4 Å². The van der Waals surface area contributed by atoms with E-state index >= 15 is 0 Å². The van der Waals surface area contributed by atoms with Crippen LogP contribution in [0, 0.1) is 17.7 Å². The number of halogens is 1. The first kappa shape index (κ1) is 20.0. The van der Waals surface area contributed by atoms with Gasteiger partial charge in [-0.2, -0.15) is 0 Å². The van der Waals surface area contributed by atoms with Crippen LogP contribution in [0.5, 0.6) is 0 Å². The molecule has 1 amide bonds.